The fourth-order valence-electron chi connectivity index (χ4n) is 2.51. The molecule has 8 heteroatoms. The standard InChI is InChI=1S/C21H34O8/c1-3-8-17(21(26)29-15-6-5-10-19(24)27-4-2)9-7-16-28-20(25)12-11-18(23)13-14-22/h3,17,22H,1,4-16H2,2H3. The van der Waals surface area contributed by atoms with Crippen molar-refractivity contribution in [1.82, 2.24) is 0 Å². The normalized spacial score (nSPS) is 11.4. The Morgan fingerprint density at radius 3 is 2.24 bits per heavy atom. The van der Waals surface area contributed by atoms with Crippen LogP contribution >= 0.6 is 0 Å². The van der Waals surface area contributed by atoms with E-state index in [4.69, 9.17) is 19.3 Å². The molecule has 0 bridgehead atoms. The molecule has 0 fully saturated rings. The highest BCUT2D eigenvalue weighted by Gasteiger charge is 2.18. The molecule has 166 valence electrons. The van der Waals surface area contributed by atoms with Crippen LogP contribution < -0.4 is 0 Å². The number of hydrogen-bond acceptors (Lipinski definition) is 8. The Morgan fingerprint density at radius 2 is 1.59 bits per heavy atom. The van der Waals surface area contributed by atoms with Crippen LogP contribution in [0.15, 0.2) is 12.7 Å². The van der Waals surface area contributed by atoms with Crippen LogP contribution in [0.25, 0.3) is 0 Å². The number of aliphatic hydroxyl groups excluding tert-OH is 1. The largest absolute Gasteiger partial charge is 0.466 e. The second-order valence-corrected chi connectivity index (χ2v) is 6.53. The lowest BCUT2D eigenvalue weighted by molar-refractivity contribution is -0.149. The third-order valence-corrected chi connectivity index (χ3v) is 4.07. The lowest BCUT2D eigenvalue weighted by atomic mass is 10.00. The molecule has 1 unspecified atom stereocenters. The van der Waals surface area contributed by atoms with Crippen molar-refractivity contribution >= 4 is 23.7 Å². The SMILES string of the molecule is C=CCC(CCCOC(=O)CCC(=O)CCO)C(=O)OCCCCC(=O)OCC. The molecular formula is C21H34O8. The van der Waals surface area contributed by atoms with Crippen LogP contribution in [0.5, 0.6) is 0 Å². The highest BCUT2D eigenvalue weighted by Crippen LogP contribution is 2.15. The minimum absolute atomic E-state index is 0.0112. The molecule has 0 aliphatic carbocycles. The van der Waals surface area contributed by atoms with Crippen molar-refractivity contribution in [2.24, 2.45) is 5.92 Å². The van der Waals surface area contributed by atoms with E-state index >= 15 is 0 Å². The predicted molar refractivity (Wildman–Crippen MR) is 106 cm³/mol. The first-order chi connectivity index (χ1) is 13.9. The Bertz CT molecular complexity index is 515. The summed E-state index contributed by atoms with van der Waals surface area (Å²) < 4.78 is 15.1. The van der Waals surface area contributed by atoms with Crippen molar-refractivity contribution in [2.75, 3.05) is 26.4 Å². The van der Waals surface area contributed by atoms with Crippen LogP contribution in [-0.4, -0.2) is 55.2 Å². The first-order valence-electron chi connectivity index (χ1n) is 10.2. The molecule has 0 spiro atoms. The average Bonchev–Trinajstić information content (AvgIpc) is 2.68. The number of ketones is 1. The molecule has 0 aliphatic rings. The summed E-state index contributed by atoms with van der Waals surface area (Å²) in [5.74, 6) is -1.60. The van der Waals surface area contributed by atoms with Gasteiger partial charge in [0.2, 0.25) is 0 Å². The number of carbonyl (C=O) groups is 4. The number of aliphatic hydroxyl groups is 1. The van der Waals surface area contributed by atoms with Gasteiger partial charge in [-0.15, -0.1) is 6.58 Å². The zero-order valence-corrected chi connectivity index (χ0v) is 17.4. The number of Topliss-reactive ketones (excluding diaryl/α,β-unsaturated/α-hetero) is 1. The quantitative estimate of drug-likeness (QED) is 0.157. The van der Waals surface area contributed by atoms with Gasteiger partial charge in [-0.25, -0.2) is 0 Å². The summed E-state index contributed by atoms with van der Waals surface area (Å²) in [7, 11) is 0. The second kappa shape index (κ2) is 17.8. The number of unbranched alkanes of at least 4 members (excludes halogenated alkanes) is 1. The minimum Gasteiger partial charge on any atom is -0.466 e. The summed E-state index contributed by atoms with van der Waals surface area (Å²) in [5.41, 5.74) is 0. The lowest BCUT2D eigenvalue weighted by Gasteiger charge is -2.14. The third-order valence-electron chi connectivity index (χ3n) is 4.07. The summed E-state index contributed by atoms with van der Waals surface area (Å²) in [6.45, 7) is 5.93. The maximum absolute atomic E-state index is 12.2. The molecule has 0 radical (unpaired) electrons. The lowest BCUT2D eigenvalue weighted by Crippen LogP contribution is -2.19. The van der Waals surface area contributed by atoms with E-state index in [2.05, 4.69) is 6.58 Å². The van der Waals surface area contributed by atoms with E-state index in [9.17, 15) is 19.2 Å². The highest BCUT2D eigenvalue weighted by molar-refractivity contribution is 5.82. The number of esters is 3. The molecule has 0 aliphatic heterocycles. The highest BCUT2D eigenvalue weighted by atomic mass is 16.5. The monoisotopic (exact) mass is 414 g/mol. The van der Waals surface area contributed by atoms with Crippen LogP contribution in [0.3, 0.4) is 0 Å². The van der Waals surface area contributed by atoms with Gasteiger partial charge < -0.3 is 19.3 Å². The molecule has 1 N–H and O–H groups in total. The molecule has 0 heterocycles. The Hall–Kier alpha value is -2.22. The molecule has 0 aromatic heterocycles. The van der Waals surface area contributed by atoms with Crippen molar-refractivity contribution in [1.29, 1.82) is 0 Å². The van der Waals surface area contributed by atoms with E-state index in [1.54, 1.807) is 13.0 Å². The predicted octanol–water partition coefficient (Wildman–Crippen LogP) is 2.51. The van der Waals surface area contributed by atoms with Gasteiger partial charge in [0.25, 0.3) is 0 Å². The van der Waals surface area contributed by atoms with E-state index in [-0.39, 0.29) is 62.7 Å². The van der Waals surface area contributed by atoms with Crippen LogP contribution in [0, 0.1) is 5.92 Å². The first kappa shape index (κ1) is 26.8. The number of rotatable bonds is 18. The second-order valence-electron chi connectivity index (χ2n) is 6.53. The zero-order valence-electron chi connectivity index (χ0n) is 17.4. The van der Waals surface area contributed by atoms with Gasteiger partial charge in [0, 0.05) is 25.9 Å². The summed E-state index contributed by atoms with van der Waals surface area (Å²) in [5, 5.41) is 8.64. The van der Waals surface area contributed by atoms with Gasteiger partial charge in [0.05, 0.1) is 32.2 Å². The molecule has 0 saturated heterocycles. The van der Waals surface area contributed by atoms with Gasteiger partial charge in [-0.3, -0.25) is 19.2 Å². The van der Waals surface area contributed by atoms with Crippen LogP contribution in [0.4, 0.5) is 0 Å². The molecule has 0 aromatic rings. The molecule has 0 saturated carbocycles. The summed E-state index contributed by atoms with van der Waals surface area (Å²) >= 11 is 0. The van der Waals surface area contributed by atoms with Gasteiger partial charge in [-0.1, -0.05) is 6.08 Å². The summed E-state index contributed by atoms with van der Waals surface area (Å²) in [6, 6.07) is 0. The maximum atomic E-state index is 12.2. The molecule has 0 amide bonds. The molecule has 0 aromatic carbocycles. The summed E-state index contributed by atoms with van der Waals surface area (Å²) in [6.07, 6.45) is 4.66. The van der Waals surface area contributed by atoms with E-state index in [0.717, 1.165) is 0 Å². The Labute approximate surface area is 172 Å². The molecule has 8 nitrogen and oxygen atoms in total. The van der Waals surface area contributed by atoms with Crippen molar-refractivity contribution < 1.29 is 38.5 Å². The molecule has 1 atom stereocenters. The van der Waals surface area contributed by atoms with Gasteiger partial charge in [0.15, 0.2) is 0 Å². The Balaban J connectivity index is 3.98. The van der Waals surface area contributed by atoms with Crippen molar-refractivity contribution in [3.05, 3.63) is 12.7 Å². The van der Waals surface area contributed by atoms with Gasteiger partial charge in [-0.05, 0) is 39.0 Å². The fourth-order valence-corrected chi connectivity index (χ4v) is 2.51. The first-order valence-corrected chi connectivity index (χ1v) is 10.2. The fraction of sp³-hybridized carbons (Fsp3) is 0.714. The summed E-state index contributed by atoms with van der Waals surface area (Å²) in [4.78, 5) is 46.2. The van der Waals surface area contributed by atoms with Crippen molar-refractivity contribution in [3.63, 3.8) is 0 Å². The minimum atomic E-state index is -0.472. The van der Waals surface area contributed by atoms with Crippen molar-refractivity contribution in [3.8, 4) is 0 Å². The van der Waals surface area contributed by atoms with Gasteiger partial charge in [0.1, 0.15) is 5.78 Å². The number of allylic oxidation sites excluding steroid dienone is 1. The maximum Gasteiger partial charge on any atom is 0.309 e. The van der Waals surface area contributed by atoms with Crippen LogP contribution in [0.1, 0.15) is 64.7 Å². The van der Waals surface area contributed by atoms with E-state index < -0.39 is 5.97 Å². The average molecular weight is 414 g/mol. The van der Waals surface area contributed by atoms with Gasteiger partial charge >= 0.3 is 17.9 Å². The third kappa shape index (κ3) is 15.4. The Kier molecular flexibility index (Phi) is 16.5. The van der Waals surface area contributed by atoms with E-state index in [1.165, 1.54) is 0 Å². The van der Waals surface area contributed by atoms with Crippen molar-refractivity contribution in [2.45, 2.75) is 64.7 Å². The molecule has 29 heavy (non-hydrogen) atoms. The smallest absolute Gasteiger partial charge is 0.309 e. The van der Waals surface area contributed by atoms with E-state index in [0.29, 0.717) is 45.1 Å². The molecular weight excluding hydrogens is 380 g/mol. The molecule has 0 rings (SSSR count). The zero-order chi connectivity index (χ0) is 21.9. The van der Waals surface area contributed by atoms with Gasteiger partial charge in [-0.2, -0.15) is 0 Å². The number of ether oxygens (including phenoxy) is 3. The van der Waals surface area contributed by atoms with E-state index in [1.807, 2.05) is 0 Å². The number of hydrogen-bond donors (Lipinski definition) is 1. The van der Waals surface area contributed by atoms with Crippen LogP contribution in [-0.2, 0) is 33.4 Å². The topological polar surface area (TPSA) is 116 Å². The Morgan fingerprint density at radius 1 is 0.897 bits per heavy atom. The number of carbonyl (C=O) groups excluding carboxylic acids is 4. The van der Waals surface area contributed by atoms with Crippen LogP contribution in [0.2, 0.25) is 0 Å².